The van der Waals surface area contributed by atoms with Gasteiger partial charge in [0.25, 0.3) is 5.69 Å². The lowest BCUT2D eigenvalue weighted by atomic mass is 10.2. The van der Waals surface area contributed by atoms with Crippen LogP contribution in [0.5, 0.6) is 5.75 Å². The van der Waals surface area contributed by atoms with Crippen molar-refractivity contribution in [2.45, 2.75) is 32.3 Å². The van der Waals surface area contributed by atoms with Crippen LogP contribution in [0.2, 0.25) is 0 Å². The monoisotopic (exact) mass is 239 g/mol. The molecule has 0 aliphatic rings. The predicted octanol–water partition coefficient (Wildman–Crippen LogP) is 2.52. The Morgan fingerprint density at radius 3 is 2.53 bits per heavy atom. The Kier molecular flexibility index (Phi) is 5.42. The molecule has 0 spiro atoms. The SMILES string of the molecule is C[C@H](O)CCCCOc1ccc([N+](=O)[O-])cc1. The highest BCUT2D eigenvalue weighted by atomic mass is 16.6. The number of ether oxygens (including phenoxy) is 1. The summed E-state index contributed by atoms with van der Waals surface area (Å²) < 4.78 is 5.42. The largest absolute Gasteiger partial charge is 0.494 e. The maximum Gasteiger partial charge on any atom is 0.269 e. The van der Waals surface area contributed by atoms with E-state index in [0.717, 1.165) is 19.3 Å². The number of aliphatic hydroxyl groups excluding tert-OH is 1. The number of hydrogen-bond acceptors (Lipinski definition) is 4. The van der Waals surface area contributed by atoms with Crippen LogP contribution in [0.25, 0.3) is 0 Å². The van der Waals surface area contributed by atoms with E-state index in [1.165, 1.54) is 12.1 Å². The molecule has 0 aromatic heterocycles. The standard InChI is InChI=1S/C12H17NO4/c1-10(14)4-2-3-9-17-12-7-5-11(6-8-12)13(15)16/h5-8,10,14H,2-4,9H2,1H3/t10-/m0/s1. The van der Waals surface area contributed by atoms with Gasteiger partial charge in [0.2, 0.25) is 0 Å². The van der Waals surface area contributed by atoms with Crippen LogP contribution in [0.1, 0.15) is 26.2 Å². The summed E-state index contributed by atoms with van der Waals surface area (Å²) in [5.74, 6) is 0.632. The highest BCUT2D eigenvalue weighted by Crippen LogP contribution is 2.17. The van der Waals surface area contributed by atoms with Gasteiger partial charge < -0.3 is 9.84 Å². The molecule has 0 fully saturated rings. The molecule has 0 aliphatic heterocycles. The van der Waals surface area contributed by atoms with E-state index >= 15 is 0 Å². The molecule has 5 heteroatoms. The number of nitrogens with zero attached hydrogens (tertiary/aromatic N) is 1. The molecule has 0 saturated carbocycles. The second kappa shape index (κ2) is 6.85. The Morgan fingerprint density at radius 2 is 2.00 bits per heavy atom. The van der Waals surface area contributed by atoms with Gasteiger partial charge in [-0.25, -0.2) is 0 Å². The van der Waals surface area contributed by atoms with Crippen LogP contribution in [0.4, 0.5) is 5.69 Å². The molecule has 5 nitrogen and oxygen atoms in total. The number of rotatable bonds is 7. The fourth-order valence-electron chi connectivity index (χ4n) is 1.40. The number of nitro groups is 1. The number of hydrogen-bond donors (Lipinski definition) is 1. The number of aliphatic hydroxyl groups is 1. The molecular weight excluding hydrogens is 222 g/mol. The average Bonchev–Trinajstić information content (AvgIpc) is 2.29. The highest BCUT2D eigenvalue weighted by Gasteiger charge is 2.04. The van der Waals surface area contributed by atoms with E-state index in [2.05, 4.69) is 0 Å². The van der Waals surface area contributed by atoms with Crippen LogP contribution >= 0.6 is 0 Å². The van der Waals surface area contributed by atoms with Crippen molar-refractivity contribution in [1.82, 2.24) is 0 Å². The molecule has 0 unspecified atom stereocenters. The molecule has 94 valence electrons. The fourth-order valence-corrected chi connectivity index (χ4v) is 1.40. The molecule has 0 saturated heterocycles. The van der Waals surface area contributed by atoms with Crippen molar-refractivity contribution in [3.8, 4) is 5.75 Å². The lowest BCUT2D eigenvalue weighted by molar-refractivity contribution is -0.384. The third-order valence-corrected chi connectivity index (χ3v) is 2.33. The van der Waals surface area contributed by atoms with Crippen molar-refractivity contribution in [3.63, 3.8) is 0 Å². The second-order valence-electron chi connectivity index (χ2n) is 3.94. The zero-order chi connectivity index (χ0) is 12.7. The summed E-state index contributed by atoms with van der Waals surface area (Å²) in [6, 6.07) is 6.02. The van der Waals surface area contributed by atoms with Gasteiger partial charge in [-0.2, -0.15) is 0 Å². The van der Waals surface area contributed by atoms with Crippen molar-refractivity contribution < 1.29 is 14.8 Å². The van der Waals surface area contributed by atoms with Crippen molar-refractivity contribution >= 4 is 5.69 Å². The lowest BCUT2D eigenvalue weighted by Crippen LogP contribution is -2.02. The van der Waals surface area contributed by atoms with Gasteiger partial charge in [0.1, 0.15) is 5.75 Å². The number of benzene rings is 1. The molecule has 17 heavy (non-hydrogen) atoms. The first-order valence-corrected chi connectivity index (χ1v) is 5.65. The van der Waals surface area contributed by atoms with E-state index < -0.39 is 4.92 Å². The van der Waals surface area contributed by atoms with Crippen LogP contribution < -0.4 is 4.74 Å². The molecule has 1 atom stereocenters. The predicted molar refractivity (Wildman–Crippen MR) is 64.1 cm³/mol. The van der Waals surface area contributed by atoms with E-state index in [1.54, 1.807) is 19.1 Å². The zero-order valence-corrected chi connectivity index (χ0v) is 9.83. The summed E-state index contributed by atoms with van der Waals surface area (Å²) in [6.07, 6.45) is 2.27. The van der Waals surface area contributed by atoms with Gasteiger partial charge in [0.05, 0.1) is 17.6 Å². The lowest BCUT2D eigenvalue weighted by Gasteiger charge is -2.06. The Hall–Kier alpha value is -1.62. The third kappa shape index (κ3) is 5.31. The Bertz CT molecular complexity index is 348. The van der Waals surface area contributed by atoms with Crippen LogP contribution in [-0.4, -0.2) is 22.7 Å². The molecule has 0 amide bonds. The van der Waals surface area contributed by atoms with Crippen molar-refractivity contribution in [2.24, 2.45) is 0 Å². The van der Waals surface area contributed by atoms with Gasteiger partial charge in [-0.3, -0.25) is 10.1 Å². The summed E-state index contributed by atoms with van der Waals surface area (Å²) in [5, 5.41) is 19.5. The van der Waals surface area contributed by atoms with Crippen molar-refractivity contribution in [2.75, 3.05) is 6.61 Å². The van der Waals surface area contributed by atoms with E-state index in [0.29, 0.717) is 12.4 Å². The quantitative estimate of drug-likeness (QED) is 0.451. The number of nitro benzene ring substituents is 1. The minimum atomic E-state index is -0.438. The summed E-state index contributed by atoms with van der Waals surface area (Å²) in [7, 11) is 0. The fraction of sp³-hybridized carbons (Fsp3) is 0.500. The van der Waals surface area contributed by atoms with Gasteiger partial charge in [-0.05, 0) is 38.3 Å². The van der Waals surface area contributed by atoms with Crippen LogP contribution in [0.15, 0.2) is 24.3 Å². The third-order valence-electron chi connectivity index (χ3n) is 2.33. The molecular formula is C12H17NO4. The topological polar surface area (TPSA) is 72.6 Å². The summed E-state index contributed by atoms with van der Waals surface area (Å²) >= 11 is 0. The van der Waals surface area contributed by atoms with E-state index in [-0.39, 0.29) is 11.8 Å². The van der Waals surface area contributed by atoms with Crippen LogP contribution in [0.3, 0.4) is 0 Å². The van der Waals surface area contributed by atoms with Gasteiger partial charge >= 0.3 is 0 Å². The normalized spacial score (nSPS) is 12.1. The maximum absolute atomic E-state index is 10.4. The van der Waals surface area contributed by atoms with Gasteiger partial charge in [0.15, 0.2) is 0 Å². The molecule has 1 aromatic rings. The Morgan fingerprint density at radius 1 is 1.35 bits per heavy atom. The Labute approximate surface area is 100 Å². The molecule has 1 rings (SSSR count). The smallest absolute Gasteiger partial charge is 0.269 e. The number of unbranched alkanes of at least 4 members (excludes halogenated alkanes) is 1. The van der Waals surface area contributed by atoms with Gasteiger partial charge in [-0.15, -0.1) is 0 Å². The van der Waals surface area contributed by atoms with Crippen LogP contribution in [0, 0.1) is 10.1 Å². The average molecular weight is 239 g/mol. The maximum atomic E-state index is 10.4. The first-order chi connectivity index (χ1) is 8.09. The molecule has 0 bridgehead atoms. The summed E-state index contributed by atoms with van der Waals surface area (Å²) in [4.78, 5) is 9.98. The van der Waals surface area contributed by atoms with Crippen molar-refractivity contribution in [1.29, 1.82) is 0 Å². The first kappa shape index (κ1) is 13.4. The molecule has 1 aromatic carbocycles. The molecule has 0 heterocycles. The minimum Gasteiger partial charge on any atom is -0.494 e. The van der Waals surface area contributed by atoms with Crippen molar-refractivity contribution in [3.05, 3.63) is 34.4 Å². The Balaban J connectivity index is 2.25. The molecule has 0 radical (unpaired) electrons. The van der Waals surface area contributed by atoms with Crippen LogP contribution in [-0.2, 0) is 0 Å². The second-order valence-corrected chi connectivity index (χ2v) is 3.94. The first-order valence-electron chi connectivity index (χ1n) is 5.65. The van der Waals surface area contributed by atoms with Gasteiger partial charge in [-0.1, -0.05) is 0 Å². The van der Waals surface area contributed by atoms with E-state index in [9.17, 15) is 10.1 Å². The van der Waals surface area contributed by atoms with Gasteiger partial charge in [0, 0.05) is 12.1 Å². The van der Waals surface area contributed by atoms with E-state index in [1.807, 2.05) is 0 Å². The number of non-ortho nitro benzene ring substituents is 1. The zero-order valence-electron chi connectivity index (χ0n) is 9.83. The minimum absolute atomic E-state index is 0.0615. The highest BCUT2D eigenvalue weighted by molar-refractivity contribution is 5.35. The molecule has 0 aliphatic carbocycles. The molecule has 1 N–H and O–H groups in total. The summed E-state index contributed by atoms with van der Waals surface area (Å²) in [5.41, 5.74) is 0.0615. The summed E-state index contributed by atoms with van der Waals surface area (Å²) in [6.45, 7) is 2.32. The van der Waals surface area contributed by atoms with E-state index in [4.69, 9.17) is 9.84 Å².